The van der Waals surface area contributed by atoms with Crippen molar-refractivity contribution in [2.45, 2.75) is 19.0 Å². The minimum Gasteiger partial charge on any atom is -0.325 e. The highest BCUT2D eigenvalue weighted by molar-refractivity contribution is 6.31. The molecule has 15 heteroatoms. The number of fused-ring (bicyclic) bond motifs is 1. The Balaban J connectivity index is 1.21. The molecule has 3 heterocycles. The fourth-order valence-electron chi connectivity index (χ4n) is 4.51. The van der Waals surface area contributed by atoms with Crippen LogP contribution in [0.4, 0.5) is 20.2 Å². The summed E-state index contributed by atoms with van der Waals surface area (Å²) < 4.78 is 28.2. The molecule has 1 saturated heterocycles. The van der Waals surface area contributed by atoms with Crippen molar-refractivity contribution in [1.82, 2.24) is 29.8 Å². The summed E-state index contributed by atoms with van der Waals surface area (Å²) in [6.07, 6.45) is 3.08. The molecule has 216 valence electrons. The summed E-state index contributed by atoms with van der Waals surface area (Å²) >= 11 is 12.2. The van der Waals surface area contributed by atoms with Crippen molar-refractivity contribution >= 4 is 51.4 Å². The number of amides is 1. The second-order valence-corrected chi connectivity index (χ2v) is 10.1. The summed E-state index contributed by atoms with van der Waals surface area (Å²) in [6, 6.07) is 18.5. The molecule has 1 aliphatic heterocycles. The van der Waals surface area contributed by atoms with Crippen LogP contribution in [0, 0.1) is 0 Å². The second kappa shape index (κ2) is 12.0. The molecule has 2 aromatic heterocycles. The van der Waals surface area contributed by atoms with Crippen LogP contribution in [-0.4, -0.2) is 55.2 Å². The Morgan fingerprint density at radius 3 is 2.52 bits per heavy atom. The monoisotopic (exact) mass is 614 g/mol. The number of aromatic nitrogens is 5. The van der Waals surface area contributed by atoms with Gasteiger partial charge in [-0.2, -0.15) is 13.9 Å². The van der Waals surface area contributed by atoms with Gasteiger partial charge in [-0.1, -0.05) is 58.7 Å². The maximum atomic E-state index is 13.6. The van der Waals surface area contributed by atoms with E-state index in [1.807, 2.05) is 30.3 Å². The smallest absolute Gasteiger partial charge is 0.325 e. The summed E-state index contributed by atoms with van der Waals surface area (Å²) in [7, 11) is 0. The quantitative estimate of drug-likeness (QED) is 0.245. The number of anilines is 2. The molecular weight excluding hydrogens is 593 g/mol. The van der Waals surface area contributed by atoms with Crippen LogP contribution >= 0.6 is 23.2 Å². The number of hydrogen-bond donors (Lipinski definition) is 1. The highest BCUT2D eigenvalue weighted by Crippen LogP contribution is 2.30. The topological polar surface area (TPSA) is 103 Å². The second-order valence-electron chi connectivity index (χ2n) is 9.29. The zero-order valence-corrected chi connectivity index (χ0v) is 23.2. The first-order valence-corrected chi connectivity index (χ1v) is 13.4. The molecule has 3 aromatic carbocycles. The summed E-state index contributed by atoms with van der Waals surface area (Å²) in [5, 5.41) is 18.6. The lowest BCUT2D eigenvalue weighted by Crippen LogP contribution is -2.52. The van der Waals surface area contributed by atoms with Gasteiger partial charge in [-0.15, -0.1) is 10.2 Å². The number of hydroxylamine groups is 3. The normalized spacial score (nSPS) is 14.9. The van der Waals surface area contributed by atoms with E-state index in [1.54, 1.807) is 42.6 Å². The van der Waals surface area contributed by atoms with Crippen molar-refractivity contribution in [3.63, 3.8) is 0 Å². The number of rotatable bonds is 8. The lowest BCUT2D eigenvalue weighted by atomic mass is 10.0. The number of carbonyl (C=O) groups is 1. The third-order valence-corrected chi connectivity index (χ3v) is 6.92. The average Bonchev–Trinajstić information content (AvgIpc) is 3.62. The zero-order valence-electron chi connectivity index (χ0n) is 21.6. The van der Waals surface area contributed by atoms with Crippen LogP contribution < -0.4 is 10.4 Å². The van der Waals surface area contributed by atoms with E-state index < -0.39 is 12.6 Å². The van der Waals surface area contributed by atoms with Crippen molar-refractivity contribution in [3.05, 3.63) is 94.9 Å². The molecule has 1 N–H and O–H groups in total. The number of nitrogens with one attached hydrogen (secondary N) is 1. The maximum absolute atomic E-state index is 13.6. The van der Waals surface area contributed by atoms with Crippen LogP contribution in [0.25, 0.3) is 16.6 Å². The Morgan fingerprint density at radius 2 is 1.81 bits per heavy atom. The molecule has 1 amide bonds. The molecule has 0 aliphatic carbocycles. The molecule has 0 saturated carbocycles. The molecule has 1 atom stereocenters. The first-order chi connectivity index (χ1) is 20.3. The molecule has 0 radical (unpaired) electrons. The van der Waals surface area contributed by atoms with E-state index in [1.165, 1.54) is 21.0 Å². The largest absolute Gasteiger partial charge is 0.333 e. The molecular formula is C27H22Cl2F2N8O3. The fraction of sp³-hybridized carbons (Fsp3) is 0.185. The number of benzene rings is 3. The van der Waals surface area contributed by atoms with Crippen molar-refractivity contribution in [3.8, 4) is 5.69 Å². The van der Waals surface area contributed by atoms with E-state index in [-0.39, 0.29) is 24.5 Å². The van der Waals surface area contributed by atoms with Gasteiger partial charge >= 0.3 is 6.55 Å². The van der Waals surface area contributed by atoms with Crippen LogP contribution in [-0.2, 0) is 20.9 Å². The molecule has 0 spiro atoms. The highest BCUT2D eigenvalue weighted by Gasteiger charge is 2.33. The van der Waals surface area contributed by atoms with Crippen molar-refractivity contribution in [2.75, 3.05) is 23.8 Å². The van der Waals surface area contributed by atoms with Gasteiger partial charge in [0.05, 0.1) is 23.1 Å². The standard InChI is InChI=1S/C27H22Cl2F2N8O3/c28-19-6-9-22(36-14-25(29)33-35-36)23(12-19)38-15-42-39(16-41-38)24(10-17-4-2-1-3-5-17)26(40)32-20-7-8-21-18(11-20)13-37(34-21)27(30)31/h1-9,11-14,24,27H,10,15-16H2,(H,32,40)/t24-/m1/s1. The summed E-state index contributed by atoms with van der Waals surface area (Å²) in [6.45, 7) is -2.94. The van der Waals surface area contributed by atoms with Crippen LogP contribution in [0.5, 0.6) is 0 Å². The average molecular weight is 615 g/mol. The molecule has 1 aliphatic rings. The van der Waals surface area contributed by atoms with E-state index in [2.05, 4.69) is 20.7 Å². The Kier molecular flexibility index (Phi) is 8.00. The Morgan fingerprint density at radius 1 is 0.976 bits per heavy atom. The number of alkyl halides is 2. The van der Waals surface area contributed by atoms with Crippen LogP contribution in [0.2, 0.25) is 10.2 Å². The molecule has 0 unspecified atom stereocenters. The number of nitrogens with zero attached hydrogens (tertiary/aromatic N) is 7. The predicted octanol–water partition coefficient (Wildman–Crippen LogP) is 5.47. The van der Waals surface area contributed by atoms with Gasteiger partial charge in [-0.3, -0.25) is 14.5 Å². The highest BCUT2D eigenvalue weighted by atomic mass is 35.5. The summed E-state index contributed by atoms with van der Waals surface area (Å²) in [5.74, 6) is -0.378. The third kappa shape index (κ3) is 6.05. The first-order valence-electron chi connectivity index (χ1n) is 12.6. The van der Waals surface area contributed by atoms with Gasteiger partial charge in [-0.25, -0.2) is 14.4 Å². The molecule has 5 aromatic rings. The van der Waals surface area contributed by atoms with Crippen molar-refractivity contribution < 1.29 is 23.3 Å². The van der Waals surface area contributed by atoms with Crippen LogP contribution in [0.1, 0.15) is 12.1 Å². The van der Waals surface area contributed by atoms with Gasteiger partial charge in [0.25, 0.3) is 0 Å². The molecule has 1 fully saturated rings. The van der Waals surface area contributed by atoms with E-state index in [9.17, 15) is 13.6 Å². The Bertz CT molecular complexity index is 1710. The van der Waals surface area contributed by atoms with E-state index in [4.69, 9.17) is 32.9 Å². The van der Waals surface area contributed by atoms with Gasteiger partial charge in [0.1, 0.15) is 6.04 Å². The summed E-state index contributed by atoms with van der Waals surface area (Å²) in [5.41, 5.74) is 2.85. The van der Waals surface area contributed by atoms with E-state index in [0.717, 1.165) is 5.56 Å². The zero-order chi connectivity index (χ0) is 29.2. The molecule has 6 rings (SSSR count). The van der Waals surface area contributed by atoms with E-state index >= 15 is 0 Å². The Hall–Kier alpha value is -4.14. The Labute approximate surface area is 247 Å². The number of halogens is 4. The first kappa shape index (κ1) is 28.0. The van der Waals surface area contributed by atoms with E-state index in [0.29, 0.717) is 44.1 Å². The minimum atomic E-state index is -2.77. The predicted molar refractivity (Wildman–Crippen MR) is 151 cm³/mol. The van der Waals surface area contributed by atoms with Gasteiger partial charge in [0, 0.05) is 22.3 Å². The minimum absolute atomic E-state index is 0.0763. The van der Waals surface area contributed by atoms with Crippen molar-refractivity contribution in [1.29, 1.82) is 0 Å². The molecule has 11 nitrogen and oxygen atoms in total. The van der Waals surface area contributed by atoms with Gasteiger partial charge in [0.15, 0.2) is 18.6 Å². The van der Waals surface area contributed by atoms with Crippen molar-refractivity contribution in [2.24, 2.45) is 0 Å². The third-order valence-electron chi connectivity index (χ3n) is 6.51. The molecule has 42 heavy (non-hydrogen) atoms. The lowest BCUT2D eigenvalue weighted by molar-refractivity contribution is -0.279. The van der Waals surface area contributed by atoms with Gasteiger partial charge in [-0.05, 0) is 48.4 Å². The maximum Gasteiger partial charge on any atom is 0.333 e. The fourth-order valence-corrected chi connectivity index (χ4v) is 4.80. The lowest BCUT2D eigenvalue weighted by Gasteiger charge is -2.38. The van der Waals surface area contributed by atoms with Crippen LogP contribution in [0.3, 0.4) is 0 Å². The van der Waals surface area contributed by atoms with Gasteiger partial charge < -0.3 is 5.32 Å². The van der Waals surface area contributed by atoms with Gasteiger partial charge in [0.2, 0.25) is 5.91 Å². The number of carbonyl (C=O) groups excluding carboxylic acids is 1. The molecule has 0 bridgehead atoms. The van der Waals surface area contributed by atoms with Crippen LogP contribution in [0.15, 0.2) is 79.1 Å². The number of hydrogen-bond acceptors (Lipinski definition) is 8. The summed E-state index contributed by atoms with van der Waals surface area (Å²) in [4.78, 5) is 25.7. The SMILES string of the molecule is O=C(Nc1ccc2nn(C(F)F)cc2c1)[C@@H](Cc1ccccc1)N1CON(c2cc(Cl)ccc2-n2cc(Cl)nn2)CO1.